The molecule has 0 aromatic carbocycles. The summed E-state index contributed by atoms with van der Waals surface area (Å²) in [7, 11) is 0. The number of ether oxygens (including phenoxy) is 1. The van der Waals surface area contributed by atoms with E-state index in [1.54, 1.807) is 6.92 Å². The molecule has 1 aliphatic carbocycles. The average molecular weight is 297 g/mol. The summed E-state index contributed by atoms with van der Waals surface area (Å²) in [5.41, 5.74) is -0.591. The Balaban J connectivity index is 2.53. The Labute approximate surface area is 129 Å². The van der Waals surface area contributed by atoms with Gasteiger partial charge in [0.1, 0.15) is 11.4 Å². The third-order valence-electron chi connectivity index (χ3n) is 4.01. The molecule has 0 bridgehead atoms. The van der Waals surface area contributed by atoms with Gasteiger partial charge in [-0.2, -0.15) is 0 Å². The first kappa shape index (κ1) is 18.0. The smallest absolute Gasteiger partial charge is 0.408 e. The highest BCUT2D eigenvalue weighted by molar-refractivity contribution is 5.75. The second kappa shape index (κ2) is 7.81. The van der Waals surface area contributed by atoms with Crippen LogP contribution in [0.2, 0.25) is 0 Å². The van der Waals surface area contributed by atoms with Crippen LogP contribution in [0, 0.1) is 0 Å². The fourth-order valence-electron chi connectivity index (χ4n) is 3.02. The molecule has 0 spiro atoms. The van der Waals surface area contributed by atoms with Crippen molar-refractivity contribution in [1.29, 1.82) is 0 Å². The minimum Gasteiger partial charge on any atom is -0.444 e. The summed E-state index contributed by atoms with van der Waals surface area (Å²) in [5.74, 6) is 0.243. The summed E-state index contributed by atoms with van der Waals surface area (Å²) in [4.78, 5) is 23.1. The van der Waals surface area contributed by atoms with Crippen molar-refractivity contribution in [2.24, 2.45) is 0 Å². The number of alkyl carbamates (subject to hydrolysis) is 1. The maximum Gasteiger partial charge on any atom is 0.408 e. The van der Waals surface area contributed by atoms with Crippen molar-refractivity contribution in [1.82, 2.24) is 5.32 Å². The second-order valence-electron chi connectivity index (χ2n) is 7.38. The number of nitrogens with one attached hydrogen (secondary N) is 1. The summed E-state index contributed by atoms with van der Waals surface area (Å²) in [6, 6.07) is 0. The van der Waals surface area contributed by atoms with E-state index < -0.39 is 5.60 Å². The number of hydrogen-bond donors (Lipinski definition) is 1. The molecule has 1 aliphatic rings. The lowest BCUT2D eigenvalue weighted by Gasteiger charge is -2.38. The molecule has 1 rings (SSSR count). The monoisotopic (exact) mass is 297 g/mol. The Hall–Kier alpha value is -1.06. The van der Waals surface area contributed by atoms with Gasteiger partial charge >= 0.3 is 6.09 Å². The van der Waals surface area contributed by atoms with Crippen LogP contribution in [0.4, 0.5) is 4.79 Å². The molecular weight excluding hydrogens is 266 g/mol. The summed E-state index contributed by atoms with van der Waals surface area (Å²) in [6.07, 6.45) is 8.76. The van der Waals surface area contributed by atoms with E-state index in [4.69, 9.17) is 4.74 Å². The molecule has 0 aliphatic heterocycles. The molecule has 0 aromatic heterocycles. The molecule has 1 N–H and O–H groups in total. The van der Waals surface area contributed by atoms with Crippen molar-refractivity contribution in [3.63, 3.8) is 0 Å². The Morgan fingerprint density at radius 2 is 1.71 bits per heavy atom. The lowest BCUT2D eigenvalue weighted by Crippen LogP contribution is -2.51. The maximum absolute atomic E-state index is 12.1. The van der Waals surface area contributed by atoms with E-state index in [2.05, 4.69) is 5.32 Å². The van der Waals surface area contributed by atoms with Crippen molar-refractivity contribution in [2.75, 3.05) is 0 Å². The number of Topliss-reactive ketones (excluding diaryl/α,β-unsaturated/α-hetero) is 1. The first-order valence-corrected chi connectivity index (χ1v) is 8.23. The second-order valence-corrected chi connectivity index (χ2v) is 7.38. The summed E-state index contributed by atoms with van der Waals surface area (Å²) in [6.45, 7) is 7.28. The number of hydrogen-bond acceptors (Lipinski definition) is 3. The van der Waals surface area contributed by atoms with Crippen LogP contribution >= 0.6 is 0 Å². The Bertz CT molecular complexity index is 352. The highest BCUT2D eigenvalue weighted by Crippen LogP contribution is 2.33. The number of carbonyl (C=O) groups excluding carboxylic acids is 2. The Kier molecular flexibility index (Phi) is 6.69. The fourth-order valence-corrected chi connectivity index (χ4v) is 3.02. The highest BCUT2D eigenvalue weighted by Gasteiger charge is 2.34. The van der Waals surface area contributed by atoms with E-state index in [1.807, 2.05) is 20.8 Å². The molecule has 0 heterocycles. The van der Waals surface area contributed by atoms with Crippen LogP contribution in [0.15, 0.2) is 0 Å². The molecule has 4 nitrogen and oxygen atoms in total. The summed E-state index contributed by atoms with van der Waals surface area (Å²) in [5, 5.41) is 3.13. The Morgan fingerprint density at radius 1 is 1.10 bits per heavy atom. The van der Waals surface area contributed by atoms with Gasteiger partial charge in [-0.1, -0.05) is 25.7 Å². The van der Waals surface area contributed by atoms with Gasteiger partial charge in [0.15, 0.2) is 0 Å². The van der Waals surface area contributed by atoms with Crippen molar-refractivity contribution in [3.8, 4) is 0 Å². The fraction of sp³-hybridized carbons (Fsp3) is 0.882. The minimum absolute atomic E-state index is 0.128. The van der Waals surface area contributed by atoms with Crippen LogP contribution < -0.4 is 5.32 Å². The van der Waals surface area contributed by atoms with Crippen molar-refractivity contribution >= 4 is 11.9 Å². The van der Waals surface area contributed by atoms with Crippen LogP contribution in [-0.4, -0.2) is 23.0 Å². The molecule has 122 valence electrons. The molecule has 21 heavy (non-hydrogen) atoms. The third-order valence-corrected chi connectivity index (χ3v) is 4.01. The quantitative estimate of drug-likeness (QED) is 0.741. The van der Waals surface area contributed by atoms with Crippen LogP contribution in [0.25, 0.3) is 0 Å². The number of ketones is 1. The zero-order chi connectivity index (χ0) is 15.9. The van der Waals surface area contributed by atoms with Crippen molar-refractivity contribution in [2.45, 2.75) is 96.6 Å². The van der Waals surface area contributed by atoms with Gasteiger partial charge in [-0.15, -0.1) is 0 Å². The number of unbranched alkanes of at least 4 members (excludes halogenated alkanes) is 1. The van der Waals surface area contributed by atoms with Gasteiger partial charge in [0.2, 0.25) is 0 Å². The van der Waals surface area contributed by atoms with Gasteiger partial charge < -0.3 is 14.8 Å². The SMILES string of the molecule is CC(=O)CCCCC1(NC(=O)OC(C)(C)C)CCCCC1. The maximum atomic E-state index is 12.1. The predicted octanol–water partition coefficient (Wildman–Crippen LogP) is 4.36. The zero-order valence-corrected chi connectivity index (χ0v) is 14.1. The van der Waals surface area contributed by atoms with Crippen molar-refractivity contribution in [3.05, 3.63) is 0 Å². The van der Waals surface area contributed by atoms with Crippen LogP contribution in [0.5, 0.6) is 0 Å². The van der Waals surface area contributed by atoms with Gasteiger partial charge in [0, 0.05) is 12.0 Å². The largest absolute Gasteiger partial charge is 0.444 e. The molecule has 1 saturated carbocycles. The van der Waals surface area contributed by atoms with Gasteiger partial charge in [0.05, 0.1) is 0 Å². The zero-order valence-electron chi connectivity index (χ0n) is 14.1. The molecule has 0 unspecified atom stereocenters. The molecule has 1 amide bonds. The molecule has 0 aromatic rings. The highest BCUT2D eigenvalue weighted by atomic mass is 16.6. The number of carbonyl (C=O) groups is 2. The minimum atomic E-state index is -0.464. The van der Waals surface area contributed by atoms with E-state index in [9.17, 15) is 9.59 Å². The predicted molar refractivity (Wildman–Crippen MR) is 84.3 cm³/mol. The first-order chi connectivity index (χ1) is 9.72. The van der Waals surface area contributed by atoms with E-state index in [0.717, 1.165) is 44.9 Å². The normalized spacial score (nSPS) is 18.1. The summed E-state index contributed by atoms with van der Waals surface area (Å²) >= 11 is 0. The lowest BCUT2D eigenvalue weighted by molar-refractivity contribution is -0.117. The van der Waals surface area contributed by atoms with Gasteiger partial charge in [-0.25, -0.2) is 4.79 Å². The lowest BCUT2D eigenvalue weighted by atomic mass is 9.78. The van der Waals surface area contributed by atoms with E-state index in [0.29, 0.717) is 6.42 Å². The topological polar surface area (TPSA) is 55.4 Å². The molecule has 0 atom stereocenters. The van der Waals surface area contributed by atoms with Gasteiger partial charge in [0.25, 0.3) is 0 Å². The summed E-state index contributed by atoms with van der Waals surface area (Å²) < 4.78 is 5.41. The van der Waals surface area contributed by atoms with Crippen LogP contribution in [-0.2, 0) is 9.53 Å². The molecular formula is C17H31NO3. The van der Waals surface area contributed by atoms with Crippen molar-refractivity contribution < 1.29 is 14.3 Å². The number of amides is 1. The van der Waals surface area contributed by atoms with E-state index in [1.165, 1.54) is 6.42 Å². The van der Waals surface area contributed by atoms with Crippen LogP contribution in [0.3, 0.4) is 0 Å². The van der Waals surface area contributed by atoms with Gasteiger partial charge in [-0.05, 0) is 53.4 Å². The first-order valence-electron chi connectivity index (χ1n) is 8.23. The van der Waals surface area contributed by atoms with Gasteiger partial charge in [-0.3, -0.25) is 0 Å². The standard InChI is InChI=1S/C17H31NO3/c1-14(19)10-6-9-13-17(11-7-5-8-12-17)18-15(20)21-16(2,3)4/h5-13H2,1-4H3,(H,18,20). The van der Waals surface area contributed by atoms with Crippen LogP contribution in [0.1, 0.15) is 85.5 Å². The molecule has 0 saturated heterocycles. The molecule has 4 heteroatoms. The average Bonchev–Trinajstić information content (AvgIpc) is 2.33. The number of rotatable bonds is 6. The third kappa shape index (κ3) is 7.49. The van der Waals surface area contributed by atoms with E-state index >= 15 is 0 Å². The van der Waals surface area contributed by atoms with E-state index in [-0.39, 0.29) is 17.4 Å². The molecule has 1 fully saturated rings. The Morgan fingerprint density at radius 3 is 2.24 bits per heavy atom. The molecule has 0 radical (unpaired) electrons.